The van der Waals surface area contributed by atoms with E-state index in [9.17, 15) is 9.59 Å². The summed E-state index contributed by atoms with van der Waals surface area (Å²) in [4.78, 5) is 23.4. The van der Waals surface area contributed by atoms with Gasteiger partial charge in [0.2, 0.25) is 11.0 Å². The van der Waals surface area contributed by atoms with Gasteiger partial charge >= 0.3 is 5.97 Å². The summed E-state index contributed by atoms with van der Waals surface area (Å²) in [6.07, 6.45) is 1.57. The van der Waals surface area contributed by atoms with E-state index >= 15 is 0 Å². The van der Waals surface area contributed by atoms with Crippen LogP contribution in [-0.4, -0.2) is 53.7 Å². The molecule has 0 aromatic carbocycles. The van der Waals surface area contributed by atoms with E-state index in [0.717, 1.165) is 12.8 Å². The van der Waals surface area contributed by atoms with E-state index in [1.165, 1.54) is 23.1 Å². The number of nitrogens with one attached hydrogen (secondary N) is 1. The fourth-order valence-corrected chi connectivity index (χ4v) is 3.67. The number of aromatic nitrogens is 2. The van der Waals surface area contributed by atoms with Crippen molar-refractivity contribution >= 4 is 40.1 Å². The predicted molar refractivity (Wildman–Crippen MR) is 87.4 cm³/mol. The summed E-state index contributed by atoms with van der Waals surface area (Å²) in [7, 11) is 0. The van der Waals surface area contributed by atoms with Gasteiger partial charge < -0.3 is 15.2 Å². The van der Waals surface area contributed by atoms with Crippen molar-refractivity contribution in [1.82, 2.24) is 10.2 Å². The van der Waals surface area contributed by atoms with Crippen LogP contribution in [0.4, 0.5) is 5.13 Å². The highest BCUT2D eigenvalue weighted by Crippen LogP contribution is 2.26. The van der Waals surface area contributed by atoms with E-state index in [-0.39, 0.29) is 23.5 Å². The molecule has 1 saturated heterocycles. The Balaban J connectivity index is 1.80. The van der Waals surface area contributed by atoms with Crippen LogP contribution in [0, 0.1) is 5.92 Å². The molecular weight excluding hydrogens is 340 g/mol. The normalized spacial score (nSPS) is 16.8. The number of esters is 1. The van der Waals surface area contributed by atoms with Gasteiger partial charge in [0.05, 0.1) is 18.4 Å². The summed E-state index contributed by atoms with van der Waals surface area (Å²) >= 11 is 2.43. The second-order valence-corrected chi connectivity index (χ2v) is 7.13. The zero-order valence-corrected chi connectivity index (χ0v) is 14.5. The lowest BCUT2D eigenvalue weighted by Gasteiger charge is -2.26. The Morgan fingerprint density at radius 1 is 1.48 bits per heavy atom. The number of nitrogens with zero attached hydrogens (tertiary/aromatic N) is 2. The third-order valence-electron chi connectivity index (χ3n) is 3.33. The number of rotatable bonds is 7. The number of carbonyl (C=O) groups excluding carboxylic acids is 2. The molecule has 0 saturated carbocycles. The topological polar surface area (TPSA) is 116 Å². The summed E-state index contributed by atoms with van der Waals surface area (Å²) in [6.45, 7) is 3.38. The molecule has 0 bridgehead atoms. The number of anilines is 1. The Hall–Kier alpha value is -1.23. The van der Waals surface area contributed by atoms with Crippen molar-refractivity contribution in [3.8, 4) is 0 Å². The molecule has 23 heavy (non-hydrogen) atoms. The van der Waals surface area contributed by atoms with Gasteiger partial charge in [-0.1, -0.05) is 23.1 Å². The van der Waals surface area contributed by atoms with Gasteiger partial charge in [0.1, 0.15) is 0 Å². The predicted octanol–water partition coefficient (Wildman–Crippen LogP) is 0.886. The number of hydrogen-bond acceptors (Lipinski definition) is 9. The molecule has 1 aromatic rings. The van der Waals surface area contributed by atoms with Gasteiger partial charge in [0.15, 0.2) is 4.34 Å². The zero-order valence-electron chi connectivity index (χ0n) is 12.8. The first-order valence-electron chi connectivity index (χ1n) is 7.36. The van der Waals surface area contributed by atoms with E-state index in [1.807, 2.05) is 0 Å². The SMILES string of the molecule is CCOC(=O)CSc1nnc(NC(=O)C(N)C2CCOCC2)s1. The first-order valence-corrected chi connectivity index (χ1v) is 9.16. The standard InChI is InChI=1S/C13H20N4O4S2/c1-2-21-9(18)7-22-13-17-16-12(23-13)15-11(19)10(14)8-3-5-20-6-4-8/h8,10H,2-7,14H2,1H3,(H,15,16,19). The molecule has 3 N–H and O–H groups in total. The molecule has 1 unspecified atom stereocenters. The van der Waals surface area contributed by atoms with Crippen molar-refractivity contribution in [3.05, 3.63) is 0 Å². The molecule has 1 amide bonds. The van der Waals surface area contributed by atoms with Crippen molar-refractivity contribution in [1.29, 1.82) is 0 Å². The van der Waals surface area contributed by atoms with Gasteiger partial charge in [0.25, 0.3) is 0 Å². The smallest absolute Gasteiger partial charge is 0.316 e. The first-order chi connectivity index (χ1) is 11.1. The van der Waals surface area contributed by atoms with Crippen LogP contribution in [0.1, 0.15) is 19.8 Å². The maximum Gasteiger partial charge on any atom is 0.316 e. The number of amides is 1. The van der Waals surface area contributed by atoms with Crippen LogP contribution in [0.15, 0.2) is 4.34 Å². The highest BCUT2D eigenvalue weighted by atomic mass is 32.2. The molecule has 10 heteroatoms. The van der Waals surface area contributed by atoms with Gasteiger partial charge in [-0.2, -0.15) is 0 Å². The Labute approximate surface area is 142 Å². The van der Waals surface area contributed by atoms with Gasteiger partial charge in [-0.3, -0.25) is 14.9 Å². The Morgan fingerprint density at radius 2 is 2.22 bits per heavy atom. The van der Waals surface area contributed by atoms with E-state index in [4.69, 9.17) is 15.2 Å². The third kappa shape index (κ3) is 5.72. The molecule has 1 aliphatic heterocycles. The van der Waals surface area contributed by atoms with Crippen molar-refractivity contribution in [2.24, 2.45) is 11.7 Å². The molecular formula is C13H20N4O4S2. The second-order valence-electron chi connectivity index (χ2n) is 4.93. The molecule has 0 spiro atoms. The minimum Gasteiger partial charge on any atom is -0.465 e. The van der Waals surface area contributed by atoms with Crippen LogP contribution in [0.25, 0.3) is 0 Å². The molecule has 1 atom stereocenters. The molecule has 2 heterocycles. The summed E-state index contributed by atoms with van der Waals surface area (Å²) in [6, 6.07) is -0.585. The minimum absolute atomic E-state index is 0.120. The lowest BCUT2D eigenvalue weighted by Crippen LogP contribution is -2.43. The van der Waals surface area contributed by atoms with Crippen LogP contribution in [-0.2, 0) is 19.1 Å². The van der Waals surface area contributed by atoms with Crippen molar-refractivity contribution in [3.63, 3.8) is 0 Å². The van der Waals surface area contributed by atoms with Crippen LogP contribution < -0.4 is 11.1 Å². The molecule has 128 valence electrons. The molecule has 0 aliphatic carbocycles. The first kappa shape index (κ1) is 18.1. The number of nitrogens with two attached hydrogens (primary N) is 1. The molecule has 1 fully saturated rings. The highest BCUT2D eigenvalue weighted by molar-refractivity contribution is 8.01. The molecule has 0 radical (unpaired) electrons. The van der Waals surface area contributed by atoms with E-state index in [1.54, 1.807) is 6.92 Å². The van der Waals surface area contributed by atoms with Crippen LogP contribution >= 0.6 is 23.1 Å². The van der Waals surface area contributed by atoms with E-state index in [2.05, 4.69) is 15.5 Å². The van der Waals surface area contributed by atoms with Gasteiger partial charge in [-0.05, 0) is 25.7 Å². The Bertz CT molecular complexity index is 534. The third-order valence-corrected chi connectivity index (χ3v) is 5.28. The number of carbonyl (C=O) groups is 2. The Morgan fingerprint density at radius 3 is 2.91 bits per heavy atom. The van der Waals surface area contributed by atoms with Crippen LogP contribution in [0.5, 0.6) is 0 Å². The van der Waals surface area contributed by atoms with Crippen molar-refractivity contribution in [2.75, 3.05) is 30.9 Å². The summed E-state index contributed by atoms with van der Waals surface area (Å²) in [5.74, 6) is -0.290. The maximum absolute atomic E-state index is 12.2. The molecule has 2 rings (SSSR count). The van der Waals surface area contributed by atoms with Gasteiger partial charge in [-0.25, -0.2) is 0 Å². The van der Waals surface area contributed by atoms with Crippen molar-refractivity contribution < 1.29 is 19.1 Å². The number of ether oxygens (including phenoxy) is 2. The van der Waals surface area contributed by atoms with Crippen molar-refractivity contribution in [2.45, 2.75) is 30.1 Å². The Kier molecular flexibility index (Phi) is 7.21. The largest absolute Gasteiger partial charge is 0.465 e. The highest BCUT2D eigenvalue weighted by Gasteiger charge is 2.27. The van der Waals surface area contributed by atoms with E-state index < -0.39 is 6.04 Å². The van der Waals surface area contributed by atoms with Crippen LogP contribution in [0.3, 0.4) is 0 Å². The number of thioether (sulfide) groups is 1. The zero-order chi connectivity index (χ0) is 16.7. The molecule has 1 aliphatic rings. The average Bonchev–Trinajstić information content (AvgIpc) is 3.01. The summed E-state index contributed by atoms with van der Waals surface area (Å²) in [5.41, 5.74) is 6.00. The van der Waals surface area contributed by atoms with E-state index in [0.29, 0.717) is 29.3 Å². The second kappa shape index (κ2) is 9.16. The lowest BCUT2D eigenvalue weighted by atomic mass is 9.92. The fraction of sp³-hybridized carbons (Fsp3) is 0.692. The lowest BCUT2D eigenvalue weighted by molar-refractivity contribution is -0.139. The number of hydrogen-bond donors (Lipinski definition) is 2. The summed E-state index contributed by atoms with van der Waals surface area (Å²) < 4.78 is 10.7. The molecule has 8 nitrogen and oxygen atoms in total. The minimum atomic E-state index is -0.585. The van der Waals surface area contributed by atoms with Gasteiger partial charge in [-0.15, -0.1) is 10.2 Å². The monoisotopic (exact) mass is 360 g/mol. The average molecular weight is 360 g/mol. The fourth-order valence-electron chi connectivity index (χ4n) is 2.12. The quantitative estimate of drug-likeness (QED) is 0.418. The van der Waals surface area contributed by atoms with Gasteiger partial charge in [0, 0.05) is 13.2 Å². The maximum atomic E-state index is 12.2. The summed E-state index contributed by atoms with van der Waals surface area (Å²) in [5, 5.41) is 10.9. The molecule has 1 aromatic heterocycles. The van der Waals surface area contributed by atoms with Crippen LogP contribution in [0.2, 0.25) is 0 Å².